The zero-order chi connectivity index (χ0) is 18.7. The fourth-order valence-corrected chi connectivity index (χ4v) is 3.96. The van der Waals surface area contributed by atoms with Crippen LogP contribution in [0.1, 0.15) is 18.4 Å². The number of nitrogens with one attached hydrogen (secondary N) is 1. The lowest BCUT2D eigenvalue weighted by molar-refractivity contribution is -0.119. The summed E-state index contributed by atoms with van der Waals surface area (Å²) in [6, 6.07) is 13.5. The van der Waals surface area contributed by atoms with Crippen LogP contribution in [0.25, 0.3) is 11.1 Å². The van der Waals surface area contributed by atoms with Crippen molar-refractivity contribution in [3.63, 3.8) is 0 Å². The first-order valence-corrected chi connectivity index (χ1v) is 9.78. The van der Waals surface area contributed by atoms with E-state index < -0.39 is 12.1 Å². The van der Waals surface area contributed by atoms with E-state index in [9.17, 15) is 14.7 Å². The number of benzene rings is 2. The van der Waals surface area contributed by atoms with E-state index in [2.05, 4.69) is 23.7 Å². The molecule has 0 spiro atoms. The Morgan fingerprint density at radius 3 is 2.69 bits per heavy atom. The van der Waals surface area contributed by atoms with E-state index in [-0.39, 0.29) is 5.91 Å². The number of carbonyl (C=O) groups is 2. The van der Waals surface area contributed by atoms with Gasteiger partial charge in [0, 0.05) is 17.1 Å². The minimum absolute atomic E-state index is 0.259. The third-order valence-corrected chi connectivity index (χ3v) is 5.50. The molecule has 2 aromatic carbocycles. The predicted molar refractivity (Wildman–Crippen MR) is 105 cm³/mol. The van der Waals surface area contributed by atoms with Crippen LogP contribution in [0.4, 0.5) is 10.5 Å². The zero-order valence-corrected chi connectivity index (χ0v) is 15.7. The first-order chi connectivity index (χ1) is 12.5. The van der Waals surface area contributed by atoms with Crippen LogP contribution in [-0.4, -0.2) is 40.8 Å². The van der Waals surface area contributed by atoms with Crippen LogP contribution in [0.2, 0.25) is 0 Å². The minimum atomic E-state index is -1.04. The second kappa shape index (κ2) is 7.83. The average molecular weight is 370 g/mol. The van der Waals surface area contributed by atoms with Gasteiger partial charge in [-0.1, -0.05) is 24.3 Å². The Morgan fingerprint density at radius 1 is 1.23 bits per heavy atom. The maximum Gasteiger partial charge on any atom is 0.407 e. The standard InChI is InChI=1S/C20H22N2O3S/c1-13-12-14(15-6-3-4-8-18(15)26-2)9-10-16(13)21-19(23)17-7-5-11-22(17)20(24)25/h3-4,6,8-10,12,17H,5,7,11H2,1-2H3,(H,21,23)(H,24,25). The number of hydrogen-bond donors (Lipinski definition) is 2. The molecule has 0 aromatic heterocycles. The Hall–Kier alpha value is -2.47. The molecule has 1 saturated heterocycles. The zero-order valence-electron chi connectivity index (χ0n) is 14.9. The molecule has 1 atom stereocenters. The molecule has 0 saturated carbocycles. The van der Waals surface area contributed by atoms with Gasteiger partial charge in [0.15, 0.2) is 0 Å². The van der Waals surface area contributed by atoms with Crippen molar-refractivity contribution in [1.82, 2.24) is 4.90 Å². The molecule has 1 fully saturated rings. The smallest absolute Gasteiger partial charge is 0.407 e. The Labute approximate surface area is 157 Å². The molecule has 1 aliphatic heterocycles. The van der Waals surface area contributed by atoms with Gasteiger partial charge < -0.3 is 10.4 Å². The maximum atomic E-state index is 12.5. The van der Waals surface area contributed by atoms with Gasteiger partial charge in [-0.05, 0) is 60.9 Å². The van der Waals surface area contributed by atoms with E-state index in [1.54, 1.807) is 11.8 Å². The van der Waals surface area contributed by atoms with Crippen LogP contribution in [0.15, 0.2) is 47.4 Å². The van der Waals surface area contributed by atoms with Crippen LogP contribution in [-0.2, 0) is 4.79 Å². The van der Waals surface area contributed by atoms with Crippen LogP contribution >= 0.6 is 11.8 Å². The van der Waals surface area contributed by atoms with Crippen molar-refractivity contribution in [2.45, 2.75) is 30.7 Å². The van der Waals surface area contributed by atoms with E-state index in [4.69, 9.17) is 0 Å². The number of hydrogen-bond acceptors (Lipinski definition) is 3. The largest absolute Gasteiger partial charge is 0.465 e. The Morgan fingerprint density at radius 2 is 2.00 bits per heavy atom. The Bertz CT molecular complexity index is 838. The van der Waals surface area contributed by atoms with Crippen LogP contribution < -0.4 is 5.32 Å². The van der Waals surface area contributed by atoms with Gasteiger partial charge in [-0.25, -0.2) is 4.79 Å². The van der Waals surface area contributed by atoms with Crippen molar-refractivity contribution >= 4 is 29.4 Å². The fourth-order valence-electron chi connectivity index (χ4n) is 3.34. The van der Waals surface area contributed by atoms with Gasteiger partial charge in [-0.2, -0.15) is 0 Å². The number of anilines is 1. The quantitative estimate of drug-likeness (QED) is 0.780. The molecule has 2 amide bonds. The van der Waals surface area contributed by atoms with E-state index in [0.717, 1.165) is 22.4 Å². The number of rotatable bonds is 4. The highest BCUT2D eigenvalue weighted by atomic mass is 32.2. The van der Waals surface area contributed by atoms with Crippen molar-refractivity contribution in [2.24, 2.45) is 0 Å². The fraction of sp³-hybridized carbons (Fsp3) is 0.300. The Balaban J connectivity index is 1.80. The summed E-state index contributed by atoms with van der Waals surface area (Å²) in [5, 5.41) is 12.1. The van der Waals surface area contributed by atoms with Crippen molar-refractivity contribution in [2.75, 3.05) is 18.1 Å². The molecule has 6 heteroatoms. The molecule has 2 N–H and O–H groups in total. The molecule has 1 unspecified atom stereocenters. The van der Waals surface area contributed by atoms with Gasteiger partial charge in [-0.15, -0.1) is 11.8 Å². The highest BCUT2D eigenvalue weighted by Gasteiger charge is 2.34. The summed E-state index contributed by atoms with van der Waals surface area (Å²) in [4.78, 5) is 26.2. The number of amides is 2. The average Bonchev–Trinajstić information content (AvgIpc) is 3.13. The van der Waals surface area contributed by atoms with Crippen molar-refractivity contribution in [3.8, 4) is 11.1 Å². The number of thioether (sulfide) groups is 1. The lowest BCUT2D eigenvalue weighted by Gasteiger charge is -2.21. The van der Waals surface area contributed by atoms with E-state index >= 15 is 0 Å². The third-order valence-electron chi connectivity index (χ3n) is 4.70. The molecular weight excluding hydrogens is 348 g/mol. The molecule has 0 radical (unpaired) electrons. The van der Waals surface area contributed by atoms with Gasteiger partial charge in [0.1, 0.15) is 6.04 Å². The van der Waals surface area contributed by atoms with Gasteiger partial charge in [0.05, 0.1) is 0 Å². The minimum Gasteiger partial charge on any atom is -0.465 e. The summed E-state index contributed by atoms with van der Waals surface area (Å²) in [5.41, 5.74) is 3.93. The SMILES string of the molecule is CSc1ccccc1-c1ccc(NC(=O)C2CCCN2C(=O)O)c(C)c1. The molecule has 26 heavy (non-hydrogen) atoms. The first kappa shape index (κ1) is 18.3. The molecule has 5 nitrogen and oxygen atoms in total. The summed E-state index contributed by atoms with van der Waals surface area (Å²) in [6.45, 7) is 2.36. The third kappa shape index (κ3) is 3.70. The molecule has 0 aliphatic carbocycles. The molecule has 3 rings (SSSR count). The normalized spacial score (nSPS) is 16.5. The van der Waals surface area contributed by atoms with E-state index in [1.165, 1.54) is 9.80 Å². The van der Waals surface area contributed by atoms with Crippen molar-refractivity contribution in [3.05, 3.63) is 48.0 Å². The summed E-state index contributed by atoms with van der Waals surface area (Å²) in [5.74, 6) is -0.259. The molecular formula is C20H22N2O3S. The van der Waals surface area contributed by atoms with Crippen LogP contribution in [0.5, 0.6) is 0 Å². The van der Waals surface area contributed by atoms with E-state index in [1.807, 2.05) is 37.3 Å². The maximum absolute atomic E-state index is 12.5. The number of carbonyl (C=O) groups excluding carboxylic acids is 1. The van der Waals surface area contributed by atoms with Gasteiger partial charge in [-0.3, -0.25) is 9.69 Å². The number of aryl methyl sites for hydroxylation is 1. The van der Waals surface area contributed by atoms with Gasteiger partial charge in [0.2, 0.25) is 5.91 Å². The Kier molecular flexibility index (Phi) is 5.52. The summed E-state index contributed by atoms with van der Waals surface area (Å²) in [7, 11) is 0. The van der Waals surface area contributed by atoms with Crippen LogP contribution in [0, 0.1) is 6.92 Å². The number of carboxylic acid groups (broad SMARTS) is 1. The number of nitrogens with zero attached hydrogens (tertiary/aromatic N) is 1. The second-order valence-electron chi connectivity index (χ2n) is 6.35. The second-order valence-corrected chi connectivity index (χ2v) is 7.20. The highest BCUT2D eigenvalue weighted by molar-refractivity contribution is 7.98. The number of likely N-dealkylation sites (tertiary alicyclic amines) is 1. The lowest BCUT2D eigenvalue weighted by Crippen LogP contribution is -2.42. The lowest BCUT2D eigenvalue weighted by atomic mass is 10.0. The van der Waals surface area contributed by atoms with Crippen molar-refractivity contribution < 1.29 is 14.7 Å². The molecule has 1 heterocycles. The topological polar surface area (TPSA) is 69.6 Å². The summed E-state index contributed by atoms with van der Waals surface area (Å²) in [6.07, 6.45) is 2.30. The predicted octanol–water partition coefficient (Wildman–Crippen LogP) is 4.46. The summed E-state index contributed by atoms with van der Waals surface area (Å²) >= 11 is 1.70. The van der Waals surface area contributed by atoms with Gasteiger partial charge in [0.25, 0.3) is 0 Å². The van der Waals surface area contributed by atoms with Gasteiger partial charge >= 0.3 is 6.09 Å². The monoisotopic (exact) mass is 370 g/mol. The van der Waals surface area contributed by atoms with Crippen LogP contribution in [0.3, 0.4) is 0 Å². The molecule has 0 bridgehead atoms. The molecule has 136 valence electrons. The summed E-state index contributed by atoms with van der Waals surface area (Å²) < 4.78 is 0. The van der Waals surface area contributed by atoms with Crippen molar-refractivity contribution in [1.29, 1.82) is 0 Å². The highest BCUT2D eigenvalue weighted by Crippen LogP contribution is 2.32. The molecule has 2 aromatic rings. The molecule has 1 aliphatic rings. The van der Waals surface area contributed by atoms with E-state index in [0.29, 0.717) is 19.4 Å². The first-order valence-electron chi connectivity index (χ1n) is 8.55.